The zero-order valence-corrected chi connectivity index (χ0v) is 35.8. The van der Waals surface area contributed by atoms with Gasteiger partial charge in [0, 0.05) is 37.7 Å². The van der Waals surface area contributed by atoms with Gasteiger partial charge >= 0.3 is 23.9 Å². The number of fused-ring (bicyclic) bond motifs is 5. The van der Waals surface area contributed by atoms with E-state index in [1.165, 1.54) is 26.0 Å². The maximum Gasteiger partial charge on any atom is 0.338 e. The number of aliphatic hydroxyl groups excluding tert-OH is 1. The van der Waals surface area contributed by atoms with Crippen LogP contribution in [0.1, 0.15) is 93.6 Å². The minimum absolute atomic E-state index is 0.0787. The number of esters is 4. The van der Waals surface area contributed by atoms with Crippen molar-refractivity contribution in [1.82, 2.24) is 5.32 Å². The number of aliphatic hydroxyl groups is 2. The van der Waals surface area contributed by atoms with Crippen LogP contribution in [0.3, 0.4) is 0 Å². The zero-order chi connectivity index (χ0) is 44.9. The number of Topliss-reactive ketones (excluding diaryl/α,β-unsaturated/α-hetero) is 1. The average molecular weight is 852 g/mol. The van der Waals surface area contributed by atoms with Crippen LogP contribution in [0.25, 0.3) is 0 Å². The van der Waals surface area contributed by atoms with Gasteiger partial charge in [0.1, 0.15) is 23.9 Å². The molecule has 328 valence electrons. The van der Waals surface area contributed by atoms with Gasteiger partial charge in [0.25, 0.3) is 5.91 Å². The van der Waals surface area contributed by atoms with E-state index in [-0.39, 0.29) is 29.7 Å². The summed E-state index contributed by atoms with van der Waals surface area (Å²) in [5.41, 5.74) is -6.21. The third-order valence-corrected chi connectivity index (χ3v) is 13.8. The summed E-state index contributed by atoms with van der Waals surface area (Å²) in [6.07, 6.45) is -7.99. The van der Waals surface area contributed by atoms with Gasteiger partial charge in [-0.15, -0.1) is 0 Å². The first-order valence-electron chi connectivity index (χ1n) is 20.8. The number of ketones is 1. The Morgan fingerprint density at radius 3 is 1.95 bits per heavy atom. The lowest BCUT2D eigenvalue weighted by Crippen LogP contribution is -2.82. The summed E-state index contributed by atoms with van der Waals surface area (Å²) < 4.78 is 30.7. The normalized spacial score (nSPS) is 31.9. The number of rotatable bonds is 10. The maximum absolute atomic E-state index is 15.5. The first-order valence-corrected chi connectivity index (χ1v) is 20.8. The third-order valence-electron chi connectivity index (χ3n) is 13.8. The molecular weight excluding hydrogens is 799 g/mol. The van der Waals surface area contributed by atoms with Crippen LogP contribution in [0.5, 0.6) is 0 Å². The second-order valence-electron chi connectivity index (χ2n) is 17.7. The summed E-state index contributed by atoms with van der Waals surface area (Å²) in [5, 5.41) is 28.8. The Balaban J connectivity index is 1.39. The molecule has 2 bridgehead atoms. The molecule has 0 aromatic heterocycles. The average Bonchev–Trinajstić information content (AvgIpc) is 3.24. The molecule has 1 amide bonds. The number of amides is 1. The Morgan fingerprint density at radius 1 is 0.823 bits per heavy atom. The predicted molar refractivity (Wildman–Crippen MR) is 221 cm³/mol. The molecule has 14 nitrogen and oxygen atoms in total. The van der Waals surface area contributed by atoms with Crippen LogP contribution in [0, 0.1) is 22.7 Å². The maximum atomic E-state index is 15.5. The molecule has 1 aliphatic heterocycles. The van der Waals surface area contributed by atoms with E-state index in [9.17, 15) is 34.2 Å². The molecule has 3 aliphatic carbocycles. The molecule has 3 aromatic carbocycles. The molecule has 3 fully saturated rings. The molecule has 2 saturated carbocycles. The van der Waals surface area contributed by atoms with Crippen LogP contribution in [-0.4, -0.2) is 94.1 Å². The van der Waals surface area contributed by atoms with Gasteiger partial charge in [0.05, 0.1) is 41.6 Å². The van der Waals surface area contributed by atoms with Gasteiger partial charge in [-0.25, -0.2) is 4.79 Å². The Morgan fingerprint density at radius 2 is 1.40 bits per heavy atom. The van der Waals surface area contributed by atoms with Gasteiger partial charge < -0.3 is 39.2 Å². The molecule has 1 heterocycles. The highest BCUT2D eigenvalue weighted by molar-refractivity contribution is 5.96. The number of hydrogen-bond acceptors (Lipinski definition) is 13. The van der Waals surface area contributed by atoms with Crippen molar-refractivity contribution < 1.29 is 62.7 Å². The summed E-state index contributed by atoms with van der Waals surface area (Å²) in [4.78, 5) is 83.9. The minimum atomic E-state index is -2.31. The van der Waals surface area contributed by atoms with E-state index in [4.69, 9.17) is 23.7 Å². The Kier molecular flexibility index (Phi) is 11.8. The fourth-order valence-corrected chi connectivity index (χ4v) is 10.4. The van der Waals surface area contributed by atoms with Gasteiger partial charge in [-0.05, 0) is 61.7 Å². The van der Waals surface area contributed by atoms with Gasteiger partial charge in [-0.1, -0.05) is 80.6 Å². The molecule has 0 radical (unpaired) electrons. The lowest BCUT2D eigenvalue weighted by atomic mass is 9.44. The van der Waals surface area contributed by atoms with Crippen molar-refractivity contribution in [2.75, 3.05) is 6.61 Å². The number of carbonyl (C=O) groups excluding carboxylic acids is 6. The lowest BCUT2D eigenvalue weighted by Gasteiger charge is -2.67. The van der Waals surface area contributed by atoms with E-state index >= 15 is 4.79 Å². The zero-order valence-electron chi connectivity index (χ0n) is 35.8. The van der Waals surface area contributed by atoms with Crippen molar-refractivity contribution in [3.63, 3.8) is 0 Å². The van der Waals surface area contributed by atoms with Crippen molar-refractivity contribution in [1.29, 1.82) is 0 Å². The molecule has 3 N–H and O–H groups in total. The van der Waals surface area contributed by atoms with Gasteiger partial charge in [-0.2, -0.15) is 0 Å². The highest BCUT2D eigenvalue weighted by Crippen LogP contribution is 2.64. The van der Waals surface area contributed by atoms with Crippen molar-refractivity contribution in [2.24, 2.45) is 22.7 Å². The van der Waals surface area contributed by atoms with Crippen molar-refractivity contribution >= 4 is 35.6 Å². The molecule has 0 spiro atoms. The molecular formula is C48H53NO13. The van der Waals surface area contributed by atoms with E-state index in [0.717, 1.165) is 6.92 Å². The first-order chi connectivity index (χ1) is 29.3. The smallest absolute Gasteiger partial charge is 0.338 e. The van der Waals surface area contributed by atoms with Crippen molar-refractivity contribution in [2.45, 2.75) is 109 Å². The van der Waals surface area contributed by atoms with Gasteiger partial charge in [0.15, 0.2) is 17.5 Å². The first kappa shape index (κ1) is 44.4. The number of nitrogens with one attached hydrogen (secondary N) is 1. The molecule has 4 aliphatic rings. The molecule has 1 unspecified atom stereocenters. The van der Waals surface area contributed by atoms with Gasteiger partial charge in [0.2, 0.25) is 0 Å². The van der Waals surface area contributed by atoms with Crippen LogP contribution < -0.4 is 5.32 Å². The highest BCUT2D eigenvalue weighted by Gasteiger charge is 2.78. The van der Waals surface area contributed by atoms with E-state index < -0.39 is 112 Å². The molecule has 14 heteroatoms. The fourth-order valence-electron chi connectivity index (χ4n) is 10.4. The Bertz CT molecular complexity index is 2280. The summed E-state index contributed by atoms with van der Waals surface area (Å²) in [6.45, 7) is 9.87. The van der Waals surface area contributed by atoms with E-state index in [0.29, 0.717) is 11.1 Å². The van der Waals surface area contributed by atoms with Crippen molar-refractivity contribution in [3.8, 4) is 0 Å². The second kappa shape index (κ2) is 16.5. The van der Waals surface area contributed by atoms with Gasteiger partial charge in [-0.3, -0.25) is 24.0 Å². The van der Waals surface area contributed by atoms with E-state index in [2.05, 4.69) is 5.32 Å². The quantitative estimate of drug-likeness (QED) is 0.140. The predicted octanol–water partition coefficient (Wildman–Crippen LogP) is 5.01. The van der Waals surface area contributed by atoms with Crippen LogP contribution in [0.2, 0.25) is 0 Å². The minimum Gasteiger partial charge on any atom is -0.457 e. The third kappa shape index (κ3) is 7.31. The Labute approximate surface area is 359 Å². The monoisotopic (exact) mass is 851 g/mol. The number of hydrogen-bond donors (Lipinski definition) is 3. The second-order valence-corrected chi connectivity index (χ2v) is 17.7. The SMILES string of the molecule is CC(=O)O[C@H]1C(=O)[C@@]2(C)C([C@H](OC(=O)c3ccccc3)[C@]3(O)C[C@H](OC(=O)[C@H](C)[C@@H](NC(=O)c4ccccc4)c4ccccc4)C(C)=C1C3(C)C)[C@]1(OC(C)=O)CO[C@@H]1C[C@@H]2O. The summed E-state index contributed by atoms with van der Waals surface area (Å²) in [7, 11) is 0. The number of carbonyl (C=O) groups is 6. The van der Waals surface area contributed by atoms with Crippen molar-refractivity contribution in [3.05, 3.63) is 119 Å². The molecule has 7 rings (SSSR count). The molecule has 1 saturated heterocycles. The Hall–Kier alpha value is -5.70. The van der Waals surface area contributed by atoms with E-state index in [1.54, 1.807) is 107 Å². The molecule has 3 aromatic rings. The number of ether oxygens (including phenoxy) is 5. The molecule has 11 atom stereocenters. The van der Waals surface area contributed by atoms with Crippen LogP contribution in [0.4, 0.5) is 0 Å². The topological polar surface area (TPSA) is 201 Å². The summed E-state index contributed by atoms with van der Waals surface area (Å²) in [6, 6.07) is 24.5. The van der Waals surface area contributed by atoms with Crippen LogP contribution in [-0.2, 0) is 42.9 Å². The largest absolute Gasteiger partial charge is 0.457 e. The molecule has 62 heavy (non-hydrogen) atoms. The standard InChI is InChI=1S/C48H53NO13/c1-26-33(60-43(55)27(2)37(30-17-11-8-12-18-30)49-42(54)31-19-13-9-14-20-31)24-48(57)41(61-44(56)32-21-15-10-16-22-32)39-46(7,34(52)23-35-47(39,25-58-35)62-29(4)51)40(53)38(59-28(3)50)36(26)45(48,5)6/h8-22,27,33-35,37-39,41,52,57H,23-25H2,1-7H3,(H,49,54)/t27-,33+,34+,35-,37-,38-,39?,41+,46-,47+,48-/m1/s1. The fraction of sp³-hybridized carbons (Fsp3) is 0.458. The lowest BCUT2D eigenvalue weighted by molar-refractivity contribution is -0.346. The van der Waals surface area contributed by atoms with Crippen LogP contribution >= 0.6 is 0 Å². The number of benzene rings is 3. The van der Waals surface area contributed by atoms with E-state index in [1.807, 2.05) is 0 Å². The summed E-state index contributed by atoms with van der Waals surface area (Å²) in [5.74, 6) is -7.07. The summed E-state index contributed by atoms with van der Waals surface area (Å²) >= 11 is 0. The highest BCUT2D eigenvalue weighted by atomic mass is 16.6. The van der Waals surface area contributed by atoms with Crippen LogP contribution in [0.15, 0.2) is 102 Å².